The molecule has 0 saturated carbocycles. The van der Waals surface area contributed by atoms with Crippen molar-refractivity contribution in [2.75, 3.05) is 31.6 Å². The molecule has 0 spiro atoms. The molecule has 0 bridgehead atoms. The molecular weight excluding hydrogens is 477 g/mol. The molecule has 1 amide bonds. The van der Waals surface area contributed by atoms with Crippen molar-refractivity contribution in [3.8, 4) is 0 Å². The highest BCUT2D eigenvalue weighted by Crippen LogP contribution is 2.46. The van der Waals surface area contributed by atoms with E-state index in [-0.39, 0.29) is 23.0 Å². The molecule has 1 fully saturated rings. The van der Waals surface area contributed by atoms with Crippen LogP contribution in [0.15, 0.2) is 28.7 Å². The standard InChI is InChI=1S/C18H17BrClF3N4O2/c19-11-3-1-10(2-4-11)12-9-13(18(21,22)23)27-16(24-12)14(20)15(25-27)17(28)26-5-7-29-8-6-26/h1-4,12-13,24H,5-9H2/t12-,13-/m0/s1. The van der Waals surface area contributed by atoms with Gasteiger partial charge in [0.2, 0.25) is 0 Å². The Morgan fingerprint density at radius 1 is 1.24 bits per heavy atom. The third-order valence-electron chi connectivity index (χ3n) is 5.07. The zero-order chi connectivity index (χ0) is 20.8. The predicted molar refractivity (Wildman–Crippen MR) is 104 cm³/mol. The van der Waals surface area contributed by atoms with Gasteiger partial charge in [-0.05, 0) is 17.7 Å². The van der Waals surface area contributed by atoms with E-state index < -0.39 is 24.2 Å². The number of nitrogens with one attached hydrogen (secondary N) is 1. The smallest absolute Gasteiger partial charge is 0.378 e. The average molecular weight is 494 g/mol. The second-order valence-corrected chi connectivity index (χ2v) is 8.20. The maximum absolute atomic E-state index is 13.8. The van der Waals surface area contributed by atoms with Crippen LogP contribution >= 0.6 is 27.5 Å². The molecule has 11 heteroatoms. The summed E-state index contributed by atoms with van der Waals surface area (Å²) >= 11 is 9.67. The highest BCUT2D eigenvalue weighted by molar-refractivity contribution is 9.10. The van der Waals surface area contributed by atoms with Crippen LogP contribution in [0, 0.1) is 0 Å². The molecule has 0 radical (unpaired) electrons. The number of aromatic nitrogens is 2. The van der Waals surface area contributed by atoms with Gasteiger partial charge in [0.05, 0.1) is 19.3 Å². The van der Waals surface area contributed by atoms with E-state index in [1.807, 2.05) is 0 Å². The lowest BCUT2D eigenvalue weighted by Crippen LogP contribution is -2.41. The lowest BCUT2D eigenvalue weighted by Gasteiger charge is -2.33. The van der Waals surface area contributed by atoms with E-state index in [9.17, 15) is 18.0 Å². The third kappa shape index (κ3) is 3.97. The number of hydrogen-bond acceptors (Lipinski definition) is 4. The van der Waals surface area contributed by atoms with Crippen LogP contribution in [-0.2, 0) is 4.74 Å². The van der Waals surface area contributed by atoms with Crippen LogP contribution in [0.2, 0.25) is 5.02 Å². The molecule has 3 heterocycles. The monoisotopic (exact) mass is 492 g/mol. The number of anilines is 1. The highest BCUT2D eigenvalue weighted by atomic mass is 79.9. The van der Waals surface area contributed by atoms with Gasteiger partial charge in [-0.1, -0.05) is 39.7 Å². The predicted octanol–water partition coefficient (Wildman–Crippen LogP) is 4.43. The molecule has 156 valence electrons. The molecule has 0 unspecified atom stereocenters. The number of nitrogens with zero attached hydrogens (tertiary/aromatic N) is 3. The zero-order valence-electron chi connectivity index (χ0n) is 15.0. The Kier molecular flexibility index (Phi) is 5.52. The Hall–Kier alpha value is -1.78. The molecular formula is C18H17BrClF3N4O2. The van der Waals surface area contributed by atoms with E-state index in [1.54, 1.807) is 24.3 Å². The zero-order valence-corrected chi connectivity index (χ0v) is 17.4. The van der Waals surface area contributed by atoms with Gasteiger partial charge in [0, 0.05) is 24.0 Å². The molecule has 6 nitrogen and oxygen atoms in total. The van der Waals surface area contributed by atoms with Crippen LogP contribution < -0.4 is 5.32 Å². The molecule has 1 aromatic carbocycles. The van der Waals surface area contributed by atoms with E-state index in [4.69, 9.17) is 16.3 Å². The van der Waals surface area contributed by atoms with Crippen molar-refractivity contribution in [2.24, 2.45) is 0 Å². The van der Waals surface area contributed by atoms with E-state index >= 15 is 0 Å². The summed E-state index contributed by atoms with van der Waals surface area (Å²) in [6.45, 7) is 1.42. The molecule has 4 rings (SSSR count). The summed E-state index contributed by atoms with van der Waals surface area (Å²) < 4.78 is 48.3. The quantitative estimate of drug-likeness (QED) is 0.672. The first-order valence-corrected chi connectivity index (χ1v) is 10.2. The van der Waals surface area contributed by atoms with Crippen molar-refractivity contribution in [1.29, 1.82) is 0 Å². The minimum Gasteiger partial charge on any atom is -0.378 e. The van der Waals surface area contributed by atoms with Crippen LogP contribution in [0.25, 0.3) is 0 Å². The van der Waals surface area contributed by atoms with E-state index in [1.165, 1.54) is 4.90 Å². The molecule has 1 aromatic heterocycles. The Bertz CT molecular complexity index is 913. The number of amides is 1. The number of carbonyl (C=O) groups is 1. The van der Waals surface area contributed by atoms with Crippen LogP contribution in [0.5, 0.6) is 0 Å². The second-order valence-electron chi connectivity index (χ2n) is 6.90. The SMILES string of the molecule is O=C(c1nn2c(c1Cl)N[C@H](c1ccc(Br)cc1)C[C@H]2C(F)(F)F)N1CCOCC1. The van der Waals surface area contributed by atoms with Crippen molar-refractivity contribution >= 4 is 39.3 Å². The second kappa shape index (κ2) is 7.81. The molecule has 2 atom stereocenters. The lowest BCUT2D eigenvalue weighted by molar-refractivity contribution is -0.173. The summed E-state index contributed by atoms with van der Waals surface area (Å²) in [6, 6.07) is 4.50. The van der Waals surface area contributed by atoms with Crippen LogP contribution in [0.3, 0.4) is 0 Å². The highest BCUT2D eigenvalue weighted by Gasteiger charge is 2.48. The van der Waals surface area contributed by atoms with Gasteiger partial charge in [0.15, 0.2) is 11.7 Å². The Balaban J connectivity index is 1.71. The molecule has 2 aliphatic rings. The number of alkyl halides is 3. The van der Waals surface area contributed by atoms with Crippen molar-refractivity contribution in [3.05, 3.63) is 45.0 Å². The van der Waals surface area contributed by atoms with E-state index in [0.29, 0.717) is 31.9 Å². The van der Waals surface area contributed by atoms with Crippen molar-refractivity contribution in [3.63, 3.8) is 0 Å². The number of ether oxygens (including phenoxy) is 1. The molecule has 0 aliphatic carbocycles. The topological polar surface area (TPSA) is 59.4 Å². The minimum absolute atomic E-state index is 0.00442. The van der Waals surface area contributed by atoms with E-state index in [2.05, 4.69) is 26.3 Å². The fraction of sp³-hybridized carbons (Fsp3) is 0.444. The van der Waals surface area contributed by atoms with Gasteiger partial charge in [0.25, 0.3) is 5.91 Å². The minimum atomic E-state index is -4.54. The summed E-state index contributed by atoms with van der Waals surface area (Å²) in [7, 11) is 0. The van der Waals surface area contributed by atoms with Crippen LogP contribution in [0.1, 0.15) is 34.6 Å². The Morgan fingerprint density at radius 2 is 1.90 bits per heavy atom. The first-order valence-electron chi connectivity index (χ1n) is 8.99. The fourth-order valence-electron chi connectivity index (χ4n) is 3.56. The maximum atomic E-state index is 13.8. The van der Waals surface area contributed by atoms with Gasteiger partial charge in [0.1, 0.15) is 10.8 Å². The Morgan fingerprint density at radius 3 is 2.52 bits per heavy atom. The summed E-state index contributed by atoms with van der Waals surface area (Å²) in [6.07, 6.45) is -4.81. The number of hydrogen-bond donors (Lipinski definition) is 1. The molecule has 2 aromatic rings. The molecule has 1 saturated heterocycles. The normalized spacial score (nSPS) is 22.2. The fourth-order valence-corrected chi connectivity index (χ4v) is 4.08. The first-order chi connectivity index (χ1) is 13.8. The number of halogens is 5. The van der Waals surface area contributed by atoms with Gasteiger partial charge in [-0.2, -0.15) is 18.3 Å². The number of benzene rings is 1. The van der Waals surface area contributed by atoms with Gasteiger partial charge >= 0.3 is 6.18 Å². The maximum Gasteiger partial charge on any atom is 0.410 e. The number of morpholine rings is 1. The van der Waals surface area contributed by atoms with Gasteiger partial charge in [-0.25, -0.2) is 4.68 Å². The lowest BCUT2D eigenvalue weighted by atomic mass is 9.97. The summed E-state index contributed by atoms with van der Waals surface area (Å²) in [5, 5.41) is 6.92. The molecule has 2 aliphatic heterocycles. The van der Waals surface area contributed by atoms with Gasteiger partial charge in [-0.15, -0.1) is 0 Å². The van der Waals surface area contributed by atoms with Crippen LogP contribution in [0.4, 0.5) is 19.0 Å². The first kappa shape index (κ1) is 20.5. The van der Waals surface area contributed by atoms with Crippen molar-refractivity contribution in [1.82, 2.24) is 14.7 Å². The summed E-state index contributed by atoms with van der Waals surface area (Å²) in [4.78, 5) is 14.3. The number of carbonyl (C=O) groups excluding carboxylic acids is 1. The average Bonchev–Trinajstić information content (AvgIpc) is 3.04. The van der Waals surface area contributed by atoms with Crippen molar-refractivity contribution in [2.45, 2.75) is 24.7 Å². The Labute approximate surface area is 178 Å². The molecule has 29 heavy (non-hydrogen) atoms. The summed E-state index contributed by atoms with van der Waals surface area (Å²) in [5.41, 5.74) is 0.508. The number of fused-ring (bicyclic) bond motifs is 1. The largest absolute Gasteiger partial charge is 0.410 e. The molecule has 1 N–H and O–H groups in total. The third-order valence-corrected chi connectivity index (χ3v) is 5.96. The van der Waals surface area contributed by atoms with Crippen molar-refractivity contribution < 1.29 is 22.7 Å². The van der Waals surface area contributed by atoms with Gasteiger partial charge < -0.3 is 15.0 Å². The van der Waals surface area contributed by atoms with E-state index in [0.717, 1.165) is 9.15 Å². The van der Waals surface area contributed by atoms with Crippen LogP contribution in [-0.4, -0.2) is 53.1 Å². The van der Waals surface area contributed by atoms with Gasteiger partial charge in [-0.3, -0.25) is 4.79 Å². The summed E-state index contributed by atoms with van der Waals surface area (Å²) in [5.74, 6) is -0.493. The number of rotatable bonds is 2.